The summed E-state index contributed by atoms with van der Waals surface area (Å²) in [6, 6.07) is 1.51. The number of aromatic nitrogens is 2. The van der Waals surface area contributed by atoms with E-state index >= 15 is 0 Å². The summed E-state index contributed by atoms with van der Waals surface area (Å²) in [6.07, 6.45) is 0. The van der Waals surface area contributed by atoms with Gasteiger partial charge in [0.2, 0.25) is 5.91 Å². The van der Waals surface area contributed by atoms with Crippen molar-refractivity contribution in [3.05, 3.63) is 46.1 Å². The molecule has 14 nitrogen and oxygen atoms in total. The number of nitrogens with zero attached hydrogens (tertiary/aromatic N) is 4. The number of phenols is 1. The van der Waals surface area contributed by atoms with E-state index in [4.69, 9.17) is 0 Å². The monoisotopic (exact) mass is 607 g/mol. The minimum Gasteiger partial charge on any atom is -0.508 e. The number of benzene rings is 1. The van der Waals surface area contributed by atoms with Crippen LogP contribution in [0.15, 0.2) is 39.9 Å². The van der Waals surface area contributed by atoms with Gasteiger partial charge in [-0.2, -0.15) is 0 Å². The van der Waals surface area contributed by atoms with Crippen molar-refractivity contribution in [2.45, 2.75) is 28.7 Å². The zero-order valence-electron chi connectivity index (χ0n) is 21.4. The zero-order chi connectivity index (χ0) is 29.1. The highest BCUT2D eigenvalue weighted by molar-refractivity contribution is 8.01. The van der Waals surface area contributed by atoms with Gasteiger partial charge in [-0.15, -0.1) is 22.0 Å². The first-order chi connectivity index (χ1) is 19.0. The minimum atomic E-state index is -1.33. The highest BCUT2D eigenvalue weighted by Gasteiger charge is 2.54. The Bertz CT molecular complexity index is 1380. The number of carboxylic acid groups (broad SMARTS) is 1. The third-order valence-electron chi connectivity index (χ3n) is 6.00. The number of imide groups is 1. The number of carbonyl (C=O) groups excluding carboxylic acids is 4. The van der Waals surface area contributed by atoms with Crippen LogP contribution >= 0.6 is 34.9 Å². The number of hydrogen-bond donors (Lipinski definition) is 5. The van der Waals surface area contributed by atoms with Crippen LogP contribution in [-0.2, 0) is 14.4 Å². The van der Waals surface area contributed by atoms with E-state index in [-0.39, 0.29) is 17.0 Å². The second-order valence-corrected chi connectivity index (χ2v) is 12.1. The fourth-order valence-corrected chi connectivity index (χ4v) is 7.26. The summed E-state index contributed by atoms with van der Waals surface area (Å²) < 4.78 is 0.686. The van der Waals surface area contributed by atoms with Gasteiger partial charge in [0.1, 0.15) is 33.9 Å². The first-order valence-corrected chi connectivity index (χ1v) is 14.5. The molecule has 5 N–H and O–H groups in total. The molecular weight excluding hydrogens is 582 g/mol. The molecule has 1 aromatic carbocycles. The molecule has 0 radical (unpaired) electrons. The van der Waals surface area contributed by atoms with Crippen LogP contribution in [0.1, 0.15) is 16.6 Å². The van der Waals surface area contributed by atoms with Crippen molar-refractivity contribution >= 4 is 64.7 Å². The van der Waals surface area contributed by atoms with Crippen molar-refractivity contribution in [1.29, 1.82) is 0 Å². The van der Waals surface area contributed by atoms with Crippen LogP contribution in [-0.4, -0.2) is 97.1 Å². The molecule has 0 spiro atoms. The second-order valence-electron chi connectivity index (χ2n) is 8.62. The van der Waals surface area contributed by atoms with Gasteiger partial charge in [0, 0.05) is 25.6 Å². The highest BCUT2D eigenvalue weighted by Crippen LogP contribution is 2.42. The maximum Gasteiger partial charge on any atom is 0.352 e. The Morgan fingerprint density at radius 1 is 1.20 bits per heavy atom. The maximum atomic E-state index is 13.4. The van der Waals surface area contributed by atoms with E-state index in [1.165, 1.54) is 73.2 Å². The largest absolute Gasteiger partial charge is 0.508 e. The predicted octanol–water partition coefficient (Wildman–Crippen LogP) is 1.10. The van der Waals surface area contributed by atoms with Crippen LogP contribution in [0, 0.1) is 6.92 Å². The van der Waals surface area contributed by atoms with E-state index in [2.05, 4.69) is 26.1 Å². The molecule has 0 saturated carbocycles. The van der Waals surface area contributed by atoms with Crippen LogP contribution < -0.4 is 16.0 Å². The molecule has 3 atom stereocenters. The number of aliphatic carboxylic acids is 1. The van der Waals surface area contributed by atoms with Crippen LogP contribution in [0.2, 0.25) is 0 Å². The van der Waals surface area contributed by atoms with E-state index in [1.807, 2.05) is 6.92 Å². The van der Waals surface area contributed by atoms with Crippen LogP contribution in [0.25, 0.3) is 0 Å². The van der Waals surface area contributed by atoms with Gasteiger partial charge in [0.05, 0.1) is 0 Å². The molecule has 2 aromatic rings. The zero-order valence-corrected chi connectivity index (χ0v) is 23.9. The number of nitrogens with one attached hydrogen (secondary N) is 3. The van der Waals surface area contributed by atoms with Gasteiger partial charge in [-0.25, -0.2) is 19.3 Å². The molecule has 2 aliphatic heterocycles. The van der Waals surface area contributed by atoms with E-state index in [0.29, 0.717) is 21.4 Å². The molecule has 6 amide bonds. The third-order valence-corrected chi connectivity index (χ3v) is 9.40. The number of aryl methyl sites for hydroxylation is 1. The van der Waals surface area contributed by atoms with Gasteiger partial charge in [-0.1, -0.05) is 35.2 Å². The first kappa shape index (κ1) is 29.2. The van der Waals surface area contributed by atoms with Gasteiger partial charge in [-0.3, -0.25) is 14.5 Å². The summed E-state index contributed by atoms with van der Waals surface area (Å²) in [5, 5.41) is 35.0. The van der Waals surface area contributed by atoms with Crippen LogP contribution in [0.4, 0.5) is 9.59 Å². The average molecular weight is 608 g/mol. The number of β-lactam (4-membered cyclic amide) rings is 1. The summed E-state index contributed by atoms with van der Waals surface area (Å²) >= 11 is 4.03. The number of urea groups is 2. The van der Waals surface area contributed by atoms with Crippen molar-refractivity contribution in [3.8, 4) is 5.75 Å². The van der Waals surface area contributed by atoms with Gasteiger partial charge in [0.15, 0.2) is 4.34 Å². The molecule has 2 aliphatic rings. The smallest absolute Gasteiger partial charge is 0.352 e. The normalized spacial score (nSPS) is 18.8. The number of rotatable bonds is 8. The topological polar surface area (TPSA) is 194 Å². The number of thioether (sulfide) groups is 2. The van der Waals surface area contributed by atoms with Crippen molar-refractivity contribution in [2.75, 3.05) is 25.6 Å². The summed E-state index contributed by atoms with van der Waals surface area (Å²) in [4.78, 5) is 65.0. The van der Waals surface area contributed by atoms with Gasteiger partial charge < -0.3 is 26.2 Å². The number of fused-ring (bicyclic) bond motifs is 1. The third kappa shape index (κ3) is 6.00. The highest BCUT2D eigenvalue weighted by atomic mass is 32.2. The van der Waals surface area contributed by atoms with Crippen molar-refractivity contribution in [1.82, 2.24) is 35.9 Å². The molecule has 0 aliphatic carbocycles. The Morgan fingerprint density at radius 3 is 2.50 bits per heavy atom. The molecule has 212 valence electrons. The quantitative estimate of drug-likeness (QED) is 0.213. The van der Waals surface area contributed by atoms with Gasteiger partial charge >= 0.3 is 18.0 Å². The molecule has 0 bridgehead atoms. The number of carboxylic acids is 1. The minimum absolute atomic E-state index is 0.0663. The number of aromatic hydroxyl groups is 1. The molecule has 3 heterocycles. The first-order valence-electron chi connectivity index (χ1n) is 11.7. The fourth-order valence-electron chi connectivity index (χ4n) is 3.96. The standard InChI is InChI=1S/C23H25N7O7S3/c1-10-27-28-23(40-10)39-9-12-8-38-19-15(18(33)30(19)16(12)20(34)35)25-17(32)14(11-4-6-13(31)7-5-11)26-22(37)29(3)21(36)24-2/h4-7,14-15,19,31H,8-9H2,1-3H3,(H,24,36)(H,25,32)(H,26,37)(H,34,35)/t14?,15?,19-/m0/s1. The predicted molar refractivity (Wildman–Crippen MR) is 147 cm³/mol. The number of hydrogen-bond acceptors (Lipinski definition) is 11. The molecule has 4 rings (SSSR count). The molecular formula is C23H25N7O7S3. The molecule has 40 heavy (non-hydrogen) atoms. The Balaban J connectivity index is 1.50. The summed E-state index contributed by atoms with van der Waals surface area (Å²) in [6.45, 7) is 1.82. The number of phenolic OH excluding ortho intramolecular Hbond substituents is 1. The average Bonchev–Trinajstić information content (AvgIpc) is 3.36. The van der Waals surface area contributed by atoms with Gasteiger partial charge in [0.25, 0.3) is 5.91 Å². The van der Waals surface area contributed by atoms with E-state index in [0.717, 1.165) is 14.8 Å². The van der Waals surface area contributed by atoms with E-state index < -0.39 is 47.3 Å². The van der Waals surface area contributed by atoms with E-state index in [1.54, 1.807) is 0 Å². The number of amides is 6. The van der Waals surface area contributed by atoms with Crippen molar-refractivity contribution in [3.63, 3.8) is 0 Å². The Hall–Kier alpha value is -3.83. The van der Waals surface area contributed by atoms with Crippen molar-refractivity contribution < 1.29 is 34.2 Å². The summed E-state index contributed by atoms with van der Waals surface area (Å²) in [7, 11) is 2.56. The summed E-state index contributed by atoms with van der Waals surface area (Å²) in [5.41, 5.74) is 0.714. The Labute approximate surface area is 240 Å². The molecule has 1 fully saturated rings. The van der Waals surface area contributed by atoms with Crippen LogP contribution in [0.3, 0.4) is 0 Å². The number of carbonyl (C=O) groups is 5. The van der Waals surface area contributed by atoms with E-state index in [9.17, 15) is 34.2 Å². The lowest BCUT2D eigenvalue weighted by Crippen LogP contribution is -2.71. The molecule has 17 heteroatoms. The SMILES string of the molecule is CNC(=O)N(C)C(=O)NC(C(=O)NC1C(=O)N2C(C(=O)O)=C(CSc3nnc(C)s3)CS[C@@H]12)c1ccc(O)cc1. The molecule has 2 unspecified atom stereocenters. The van der Waals surface area contributed by atoms with Crippen LogP contribution in [0.5, 0.6) is 5.75 Å². The lowest BCUT2D eigenvalue weighted by atomic mass is 10.0. The summed E-state index contributed by atoms with van der Waals surface area (Å²) in [5.74, 6) is -2.04. The lowest BCUT2D eigenvalue weighted by molar-refractivity contribution is -0.151. The molecule has 1 aromatic heterocycles. The van der Waals surface area contributed by atoms with Gasteiger partial charge in [-0.05, 0) is 30.2 Å². The molecule has 1 saturated heterocycles. The van der Waals surface area contributed by atoms with Crippen molar-refractivity contribution in [2.24, 2.45) is 0 Å². The Kier molecular flexibility index (Phi) is 8.85. The lowest BCUT2D eigenvalue weighted by Gasteiger charge is -2.49. The Morgan fingerprint density at radius 2 is 1.90 bits per heavy atom. The maximum absolute atomic E-state index is 13.4. The second kappa shape index (κ2) is 12.1. The fraction of sp³-hybridized carbons (Fsp3) is 0.348.